The van der Waals surface area contributed by atoms with Gasteiger partial charge in [-0.3, -0.25) is 0 Å². The fourth-order valence-corrected chi connectivity index (χ4v) is 4.39. The van der Waals surface area contributed by atoms with Crippen molar-refractivity contribution in [1.29, 1.82) is 0 Å². The Bertz CT molecular complexity index is 784. The highest BCUT2D eigenvalue weighted by Gasteiger charge is 2.26. The second kappa shape index (κ2) is 5.88. The maximum atomic E-state index is 12.3. The molecule has 0 radical (unpaired) electrons. The zero-order chi connectivity index (χ0) is 15.6. The summed E-state index contributed by atoms with van der Waals surface area (Å²) in [6.45, 7) is 3.23. The minimum Gasteiger partial charge on any atom is -0.477 e. The van der Waals surface area contributed by atoms with E-state index in [9.17, 15) is 13.2 Å². The number of aromatic nitrogens is 2. The Labute approximate surface area is 125 Å². The SMILES string of the molecule is Cc1nccc(CNS(=O)(=O)c2c(C)csc2C(=O)O)n1. The van der Waals surface area contributed by atoms with Crippen molar-refractivity contribution in [3.63, 3.8) is 0 Å². The molecule has 0 saturated heterocycles. The van der Waals surface area contributed by atoms with E-state index in [1.807, 2.05) is 0 Å². The van der Waals surface area contributed by atoms with Crippen molar-refractivity contribution in [2.24, 2.45) is 0 Å². The van der Waals surface area contributed by atoms with Gasteiger partial charge in [-0.15, -0.1) is 11.3 Å². The van der Waals surface area contributed by atoms with Gasteiger partial charge in [0, 0.05) is 6.20 Å². The summed E-state index contributed by atoms with van der Waals surface area (Å²) >= 11 is 0.891. The molecular weight excluding hydrogens is 314 g/mol. The number of sulfonamides is 1. The van der Waals surface area contributed by atoms with Crippen molar-refractivity contribution in [2.75, 3.05) is 0 Å². The van der Waals surface area contributed by atoms with Gasteiger partial charge < -0.3 is 5.11 Å². The van der Waals surface area contributed by atoms with Gasteiger partial charge in [-0.1, -0.05) is 0 Å². The van der Waals surface area contributed by atoms with Gasteiger partial charge >= 0.3 is 5.97 Å². The third-order valence-electron chi connectivity index (χ3n) is 2.66. The topological polar surface area (TPSA) is 109 Å². The summed E-state index contributed by atoms with van der Waals surface area (Å²) in [5.74, 6) is -0.726. The normalized spacial score (nSPS) is 11.5. The summed E-state index contributed by atoms with van der Waals surface area (Å²) in [6.07, 6.45) is 1.53. The summed E-state index contributed by atoms with van der Waals surface area (Å²) in [5, 5.41) is 10.6. The Kier molecular flexibility index (Phi) is 4.35. The second-order valence-electron chi connectivity index (χ2n) is 4.30. The van der Waals surface area contributed by atoms with Crippen LogP contribution in [0.2, 0.25) is 0 Å². The van der Waals surface area contributed by atoms with Crippen LogP contribution in [0.4, 0.5) is 0 Å². The molecule has 0 aliphatic heterocycles. The number of aromatic carboxylic acids is 1. The van der Waals surface area contributed by atoms with Crippen LogP contribution in [0.15, 0.2) is 22.5 Å². The first-order valence-corrected chi connectivity index (χ1v) is 8.27. The van der Waals surface area contributed by atoms with Gasteiger partial charge in [0.05, 0.1) is 12.2 Å². The van der Waals surface area contributed by atoms with E-state index in [1.165, 1.54) is 11.6 Å². The zero-order valence-corrected chi connectivity index (χ0v) is 13.0. The second-order valence-corrected chi connectivity index (χ2v) is 6.89. The molecule has 0 amide bonds. The summed E-state index contributed by atoms with van der Waals surface area (Å²) in [6, 6.07) is 1.59. The van der Waals surface area contributed by atoms with E-state index in [4.69, 9.17) is 5.11 Å². The Hall–Kier alpha value is -1.84. The maximum absolute atomic E-state index is 12.3. The third kappa shape index (κ3) is 3.43. The van der Waals surface area contributed by atoms with Crippen molar-refractivity contribution >= 4 is 27.3 Å². The van der Waals surface area contributed by atoms with Crippen LogP contribution in [0.3, 0.4) is 0 Å². The molecule has 0 unspecified atom stereocenters. The molecule has 0 bridgehead atoms. The predicted molar refractivity (Wildman–Crippen MR) is 76.8 cm³/mol. The molecule has 2 aromatic heterocycles. The van der Waals surface area contributed by atoms with E-state index in [1.54, 1.807) is 19.9 Å². The molecule has 2 aromatic rings. The lowest BCUT2D eigenvalue weighted by Gasteiger charge is -2.07. The largest absolute Gasteiger partial charge is 0.477 e. The lowest BCUT2D eigenvalue weighted by atomic mass is 10.3. The van der Waals surface area contributed by atoms with E-state index >= 15 is 0 Å². The summed E-state index contributed by atoms with van der Waals surface area (Å²) < 4.78 is 26.9. The van der Waals surface area contributed by atoms with E-state index in [0.717, 1.165) is 11.3 Å². The number of hydrogen-bond acceptors (Lipinski definition) is 6. The molecule has 0 fully saturated rings. The Morgan fingerprint density at radius 1 is 1.43 bits per heavy atom. The minimum atomic E-state index is -3.92. The summed E-state index contributed by atoms with van der Waals surface area (Å²) in [5.41, 5.74) is 0.916. The van der Waals surface area contributed by atoms with E-state index in [-0.39, 0.29) is 16.3 Å². The number of hydrogen-bond donors (Lipinski definition) is 2. The van der Waals surface area contributed by atoms with Crippen LogP contribution in [-0.2, 0) is 16.6 Å². The number of nitrogens with zero attached hydrogens (tertiary/aromatic N) is 2. The van der Waals surface area contributed by atoms with Crippen LogP contribution in [0, 0.1) is 13.8 Å². The molecule has 112 valence electrons. The standard InChI is InChI=1S/C12H13N3O4S2/c1-7-6-20-10(12(16)17)11(7)21(18,19)14-5-9-3-4-13-8(2)15-9/h3-4,6,14H,5H2,1-2H3,(H,16,17). The van der Waals surface area contributed by atoms with Gasteiger partial charge in [0.25, 0.3) is 0 Å². The van der Waals surface area contributed by atoms with E-state index in [2.05, 4.69) is 14.7 Å². The number of carboxylic acids is 1. The fourth-order valence-electron chi connectivity index (χ4n) is 1.76. The fraction of sp³-hybridized carbons (Fsp3) is 0.250. The van der Waals surface area contributed by atoms with Crippen molar-refractivity contribution in [1.82, 2.24) is 14.7 Å². The first-order chi connectivity index (χ1) is 9.81. The monoisotopic (exact) mass is 327 g/mol. The third-order valence-corrected chi connectivity index (χ3v) is 5.46. The zero-order valence-electron chi connectivity index (χ0n) is 11.3. The Morgan fingerprint density at radius 3 is 2.76 bits per heavy atom. The summed E-state index contributed by atoms with van der Waals surface area (Å²) in [4.78, 5) is 18.7. The van der Waals surface area contributed by atoms with Gasteiger partial charge in [-0.25, -0.2) is 27.9 Å². The number of carbonyl (C=O) groups is 1. The van der Waals surface area contributed by atoms with Crippen molar-refractivity contribution in [2.45, 2.75) is 25.3 Å². The maximum Gasteiger partial charge on any atom is 0.347 e. The highest BCUT2D eigenvalue weighted by Crippen LogP contribution is 2.26. The minimum absolute atomic E-state index is 0.0277. The smallest absolute Gasteiger partial charge is 0.347 e. The number of nitrogens with one attached hydrogen (secondary N) is 1. The van der Waals surface area contributed by atoms with Crippen LogP contribution in [0.25, 0.3) is 0 Å². The van der Waals surface area contributed by atoms with Gasteiger partial charge in [0.1, 0.15) is 15.6 Å². The van der Waals surface area contributed by atoms with Gasteiger partial charge in [0.15, 0.2) is 0 Å². The summed E-state index contributed by atoms with van der Waals surface area (Å²) in [7, 11) is -3.92. The molecule has 0 saturated carbocycles. The highest BCUT2D eigenvalue weighted by molar-refractivity contribution is 7.89. The number of rotatable bonds is 5. The molecule has 21 heavy (non-hydrogen) atoms. The molecule has 0 aliphatic carbocycles. The number of thiophene rings is 1. The molecule has 7 nitrogen and oxygen atoms in total. The Balaban J connectivity index is 2.27. The predicted octanol–water partition coefficient (Wildman–Crippen LogP) is 1.33. The molecule has 2 heterocycles. The van der Waals surface area contributed by atoms with Crippen LogP contribution in [-0.4, -0.2) is 29.5 Å². The van der Waals surface area contributed by atoms with Crippen LogP contribution in [0.1, 0.15) is 26.8 Å². The van der Waals surface area contributed by atoms with Gasteiger partial charge in [0.2, 0.25) is 10.0 Å². The molecular formula is C12H13N3O4S2. The first kappa shape index (κ1) is 15.5. The first-order valence-electron chi connectivity index (χ1n) is 5.91. The molecule has 2 N–H and O–H groups in total. The quantitative estimate of drug-likeness (QED) is 0.857. The highest BCUT2D eigenvalue weighted by atomic mass is 32.2. The average Bonchev–Trinajstić information content (AvgIpc) is 2.80. The molecule has 0 spiro atoms. The lowest BCUT2D eigenvalue weighted by Crippen LogP contribution is -2.25. The average molecular weight is 327 g/mol. The van der Waals surface area contributed by atoms with Crippen LogP contribution < -0.4 is 4.72 Å². The van der Waals surface area contributed by atoms with Gasteiger partial charge in [-0.2, -0.15) is 0 Å². The van der Waals surface area contributed by atoms with Crippen molar-refractivity contribution in [3.8, 4) is 0 Å². The van der Waals surface area contributed by atoms with Crippen LogP contribution in [0.5, 0.6) is 0 Å². The molecule has 9 heteroatoms. The Morgan fingerprint density at radius 2 is 2.14 bits per heavy atom. The molecule has 0 aliphatic rings. The number of carboxylic acid groups (broad SMARTS) is 1. The number of aryl methyl sites for hydroxylation is 2. The molecule has 0 aromatic carbocycles. The van der Waals surface area contributed by atoms with Crippen molar-refractivity contribution in [3.05, 3.63) is 39.6 Å². The molecule has 2 rings (SSSR count). The lowest BCUT2D eigenvalue weighted by molar-refractivity contribution is 0.0698. The van der Waals surface area contributed by atoms with E-state index in [0.29, 0.717) is 17.1 Å². The van der Waals surface area contributed by atoms with Gasteiger partial charge in [-0.05, 0) is 30.9 Å². The van der Waals surface area contributed by atoms with Crippen molar-refractivity contribution < 1.29 is 18.3 Å². The van der Waals surface area contributed by atoms with Crippen LogP contribution >= 0.6 is 11.3 Å². The van der Waals surface area contributed by atoms with E-state index < -0.39 is 16.0 Å². The molecule has 0 atom stereocenters.